The van der Waals surface area contributed by atoms with E-state index in [2.05, 4.69) is 21.2 Å². The highest BCUT2D eigenvalue weighted by Gasteiger charge is 2.21. The minimum atomic E-state index is -0.686. The maximum atomic E-state index is 12.2. The SMILES string of the molecule is CCn1cc(Br)cc1C(=O)NC1CCS(=O)CC1. The molecule has 1 fully saturated rings. The number of nitrogens with one attached hydrogen (secondary N) is 1. The third-order valence-electron chi connectivity index (χ3n) is 3.16. The maximum absolute atomic E-state index is 12.2. The molecule has 0 saturated carbocycles. The first-order chi connectivity index (χ1) is 8.60. The number of hydrogen-bond donors (Lipinski definition) is 1. The van der Waals surface area contributed by atoms with E-state index in [0.29, 0.717) is 17.2 Å². The Bertz CT molecular complexity index is 463. The Kier molecular flexibility index (Phi) is 4.61. The lowest BCUT2D eigenvalue weighted by Crippen LogP contribution is -2.40. The van der Waals surface area contributed by atoms with E-state index in [4.69, 9.17) is 0 Å². The molecule has 6 heteroatoms. The number of hydrogen-bond acceptors (Lipinski definition) is 2. The fraction of sp³-hybridized carbons (Fsp3) is 0.583. The van der Waals surface area contributed by atoms with Crippen LogP contribution in [0, 0.1) is 0 Å². The Balaban J connectivity index is 2.01. The molecule has 1 aromatic rings. The lowest BCUT2D eigenvalue weighted by Gasteiger charge is -2.22. The van der Waals surface area contributed by atoms with Gasteiger partial charge in [0.2, 0.25) is 0 Å². The lowest BCUT2D eigenvalue weighted by molar-refractivity contribution is 0.0925. The second-order valence-electron chi connectivity index (χ2n) is 4.43. The molecule has 4 nitrogen and oxygen atoms in total. The molecule has 0 bridgehead atoms. The fourth-order valence-corrected chi connectivity index (χ4v) is 3.89. The number of amides is 1. The predicted molar refractivity (Wildman–Crippen MR) is 76.2 cm³/mol. The molecule has 2 heterocycles. The summed E-state index contributed by atoms with van der Waals surface area (Å²) in [5, 5.41) is 3.03. The van der Waals surface area contributed by atoms with Crippen molar-refractivity contribution >= 4 is 32.6 Å². The summed E-state index contributed by atoms with van der Waals surface area (Å²) in [5.41, 5.74) is 0.677. The van der Waals surface area contributed by atoms with E-state index in [-0.39, 0.29) is 11.9 Å². The van der Waals surface area contributed by atoms with Gasteiger partial charge in [0.15, 0.2) is 0 Å². The first kappa shape index (κ1) is 13.8. The summed E-state index contributed by atoms with van der Waals surface area (Å²) in [4.78, 5) is 12.2. The number of nitrogens with zero attached hydrogens (tertiary/aromatic N) is 1. The Labute approximate surface area is 118 Å². The summed E-state index contributed by atoms with van der Waals surface area (Å²) in [7, 11) is -0.686. The van der Waals surface area contributed by atoms with Crippen molar-refractivity contribution in [1.29, 1.82) is 0 Å². The van der Waals surface area contributed by atoms with Crippen molar-refractivity contribution in [2.45, 2.75) is 32.4 Å². The van der Waals surface area contributed by atoms with Gasteiger partial charge in [-0.05, 0) is 41.8 Å². The summed E-state index contributed by atoms with van der Waals surface area (Å²) < 4.78 is 14.1. The molecule has 1 aliphatic heterocycles. The molecule has 0 unspecified atom stereocenters. The van der Waals surface area contributed by atoms with Crippen LogP contribution in [-0.2, 0) is 17.3 Å². The van der Waals surface area contributed by atoms with E-state index in [1.807, 2.05) is 23.8 Å². The summed E-state index contributed by atoms with van der Waals surface area (Å²) in [5.74, 6) is 1.35. The van der Waals surface area contributed by atoms with Gasteiger partial charge in [-0.1, -0.05) is 0 Å². The largest absolute Gasteiger partial charge is 0.348 e. The van der Waals surface area contributed by atoms with Gasteiger partial charge in [-0.15, -0.1) is 0 Å². The van der Waals surface area contributed by atoms with Crippen LogP contribution in [0.1, 0.15) is 30.3 Å². The van der Waals surface area contributed by atoms with E-state index in [1.54, 1.807) is 0 Å². The smallest absolute Gasteiger partial charge is 0.268 e. The van der Waals surface area contributed by atoms with Crippen LogP contribution in [0.3, 0.4) is 0 Å². The second kappa shape index (κ2) is 6.02. The van der Waals surface area contributed by atoms with Crippen LogP contribution >= 0.6 is 15.9 Å². The number of rotatable bonds is 3. The van der Waals surface area contributed by atoms with Crippen LogP contribution in [-0.4, -0.2) is 32.2 Å². The van der Waals surface area contributed by atoms with Gasteiger partial charge >= 0.3 is 0 Å². The summed E-state index contributed by atoms with van der Waals surface area (Å²) in [6.45, 7) is 2.77. The quantitative estimate of drug-likeness (QED) is 0.919. The standard InChI is InChI=1S/C12H17BrN2O2S/c1-2-15-8-9(13)7-11(15)12(16)14-10-3-5-18(17)6-4-10/h7-8,10H,2-6H2,1H3,(H,14,16). The molecule has 1 amide bonds. The zero-order valence-corrected chi connectivity index (χ0v) is 12.7. The van der Waals surface area contributed by atoms with Crippen LogP contribution in [0.15, 0.2) is 16.7 Å². The molecule has 0 radical (unpaired) electrons. The zero-order valence-electron chi connectivity index (χ0n) is 10.3. The van der Waals surface area contributed by atoms with Gasteiger partial charge < -0.3 is 9.88 Å². The van der Waals surface area contributed by atoms with Gasteiger partial charge in [-0.2, -0.15) is 0 Å². The molecule has 1 aromatic heterocycles. The molecule has 2 rings (SSSR count). The Morgan fingerprint density at radius 2 is 2.22 bits per heavy atom. The van der Waals surface area contributed by atoms with Crippen LogP contribution < -0.4 is 5.32 Å². The second-order valence-corrected chi connectivity index (χ2v) is 7.04. The van der Waals surface area contributed by atoms with Crippen LogP contribution in [0.5, 0.6) is 0 Å². The summed E-state index contributed by atoms with van der Waals surface area (Å²) >= 11 is 3.38. The third-order valence-corrected chi connectivity index (χ3v) is 4.98. The van der Waals surface area contributed by atoms with Crippen molar-refractivity contribution in [3.63, 3.8) is 0 Å². The molecule has 0 spiro atoms. The number of carbonyl (C=O) groups is 1. The van der Waals surface area contributed by atoms with Gasteiger partial charge in [0, 0.05) is 45.6 Å². The average Bonchev–Trinajstić information content (AvgIpc) is 2.73. The monoisotopic (exact) mass is 332 g/mol. The minimum absolute atomic E-state index is 0.0415. The molecule has 1 N–H and O–H groups in total. The third kappa shape index (κ3) is 3.23. The van der Waals surface area contributed by atoms with Gasteiger partial charge in [0.25, 0.3) is 5.91 Å². The molecular formula is C12H17BrN2O2S. The molecule has 0 atom stereocenters. The van der Waals surface area contributed by atoms with E-state index in [9.17, 15) is 9.00 Å². The fourth-order valence-electron chi connectivity index (χ4n) is 2.12. The van der Waals surface area contributed by atoms with Crippen LogP contribution in [0.2, 0.25) is 0 Å². The minimum Gasteiger partial charge on any atom is -0.348 e. The van der Waals surface area contributed by atoms with Gasteiger partial charge in [-0.3, -0.25) is 9.00 Å². The van der Waals surface area contributed by atoms with Crippen molar-refractivity contribution in [3.8, 4) is 0 Å². The summed E-state index contributed by atoms with van der Waals surface area (Å²) in [6.07, 6.45) is 3.53. The van der Waals surface area contributed by atoms with Gasteiger partial charge in [0.05, 0.1) is 0 Å². The Morgan fingerprint density at radius 1 is 1.56 bits per heavy atom. The van der Waals surface area contributed by atoms with Gasteiger partial charge in [-0.25, -0.2) is 0 Å². The average molecular weight is 333 g/mol. The normalized spacial score (nSPS) is 23.9. The van der Waals surface area contributed by atoms with Crippen molar-refractivity contribution < 1.29 is 9.00 Å². The number of halogens is 1. The Hall–Kier alpha value is -0.620. The molecule has 0 aliphatic carbocycles. The first-order valence-electron chi connectivity index (χ1n) is 6.11. The highest BCUT2D eigenvalue weighted by molar-refractivity contribution is 9.10. The highest BCUT2D eigenvalue weighted by atomic mass is 79.9. The van der Waals surface area contributed by atoms with E-state index in [0.717, 1.165) is 23.9 Å². The lowest BCUT2D eigenvalue weighted by atomic mass is 10.1. The van der Waals surface area contributed by atoms with Crippen LogP contribution in [0.4, 0.5) is 0 Å². The molecule has 1 aliphatic rings. The first-order valence-corrected chi connectivity index (χ1v) is 8.39. The molecule has 18 heavy (non-hydrogen) atoms. The molecule has 1 saturated heterocycles. The molecular weight excluding hydrogens is 316 g/mol. The van der Waals surface area contributed by atoms with Crippen molar-refractivity contribution in [3.05, 3.63) is 22.4 Å². The van der Waals surface area contributed by atoms with Crippen molar-refractivity contribution in [2.24, 2.45) is 0 Å². The topological polar surface area (TPSA) is 51.1 Å². The van der Waals surface area contributed by atoms with Crippen LogP contribution in [0.25, 0.3) is 0 Å². The maximum Gasteiger partial charge on any atom is 0.268 e. The summed E-state index contributed by atoms with van der Waals surface area (Å²) in [6, 6.07) is 1.99. The van der Waals surface area contributed by atoms with E-state index in [1.165, 1.54) is 0 Å². The Morgan fingerprint density at radius 3 is 2.83 bits per heavy atom. The highest BCUT2D eigenvalue weighted by Crippen LogP contribution is 2.16. The van der Waals surface area contributed by atoms with Crippen molar-refractivity contribution in [1.82, 2.24) is 9.88 Å². The van der Waals surface area contributed by atoms with Crippen molar-refractivity contribution in [2.75, 3.05) is 11.5 Å². The number of aryl methyl sites for hydroxylation is 1. The zero-order chi connectivity index (χ0) is 13.1. The van der Waals surface area contributed by atoms with E-state index < -0.39 is 10.8 Å². The number of carbonyl (C=O) groups excluding carboxylic acids is 1. The molecule has 100 valence electrons. The molecule has 0 aromatic carbocycles. The van der Waals surface area contributed by atoms with Gasteiger partial charge in [0.1, 0.15) is 5.69 Å². The van der Waals surface area contributed by atoms with E-state index >= 15 is 0 Å². The number of aromatic nitrogens is 1. The predicted octanol–water partition coefficient (Wildman–Crippen LogP) is 1.91.